The average Bonchev–Trinajstić information content (AvgIpc) is 2.44. The Labute approximate surface area is 125 Å². The van der Waals surface area contributed by atoms with Gasteiger partial charge in [-0.15, -0.1) is 0 Å². The van der Waals surface area contributed by atoms with Crippen LogP contribution in [-0.4, -0.2) is 41.9 Å². The fourth-order valence-electron chi connectivity index (χ4n) is 5.69. The highest BCUT2D eigenvalue weighted by Crippen LogP contribution is 2.59. The molecular formula is C18H34NO+. The Kier molecular flexibility index (Phi) is 3.92. The predicted molar refractivity (Wildman–Crippen MR) is 83.4 cm³/mol. The van der Waals surface area contributed by atoms with E-state index < -0.39 is 0 Å². The van der Waals surface area contributed by atoms with E-state index in [1.54, 1.807) is 0 Å². The van der Waals surface area contributed by atoms with Crippen LogP contribution in [0.5, 0.6) is 0 Å². The summed E-state index contributed by atoms with van der Waals surface area (Å²) >= 11 is 0. The van der Waals surface area contributed by atoms with Gasteiger partial charge < -0.3 is 9.59 Å². The van der Waals surface area contributed by atoms with Crippen molar-refractivity contribution in [3.63, 3.8) is 0 Å². The summed E-state index contributed by atoms with van der Waals surface area (Å²) in [7, 11) is 2.36. The smallest absolute Gasteiger partial charge is 0.0785 e. The Morgan fingerprint density at radius 2 is 1.45 bits per heavy atom. The van der Waals surface area contributed by atoms with Crippen LogP contribution in [0.25, 0.3) is 0 Å². The zero-order valence-corrected chi connectivity index (χ0v) is 13.8. The zero-order chi connectivity index (χ0) is 14.4. The highest BCUT2D eigenvalue weighted by molar-refractivity contribution is 5.06. The SMILES string of the molecule is CC[N+](C)(CC)CCCC1(O)C2CC3CC(C2)CC1C3. The second-order valence-corrected chi connectivity index (χ2v) is 8.37. The largest absolute Gasteiger partial charge is 0.389 e. The molecule has 4 saturated carbocycles. The van der Waals surface area contributed by atoms with Gasteiger partial charge in [-0.1, -0.05) is 0 Å². The standard InChI is InChI=1S/C18H34NO/c1-4-19(3,5-2)8-6-7-18(20)16-10-14-9-15(12-16)13-17(18)11-14/h14-17,20H,4-13H2,1-3H3/q+1. The first kappa shape index (κ1) is 14.8. The van der Waals surface area contributed by atoms with Gasteiger partial charge in [0.05, 0.1) is 32.3 Å². The van der Waals surface area contributed by atoms with Gasteiger partial charge in [-0.05, 0) is 82.5 Å². The molecule has 4 aliphatic carbocycles. The van der Waals surface area contributed by atoms with Gasteiger partial charge >= 0.3 is 0 Å². The van der Waals surface area contributed by atoms with Crippen LogP contribution in [0.1, 0.15) is 58.8 Å². The topological polar surface area (TPSA) is 20.2 Å². The van der Waals surface area contributed by atoms with E-state index in [2.05, 4.69) is 20.9 Å². The van der Waals surface area contributed by atoms with Crippen LogP contribution in [0.15, 0.2) is 0 Å². The van der Waals surface area contributed by atoms with Crippen molar-refractivity contribution in [2.45, 2.75) is 64.4 Å². The van der Waals surface area contributed by atoms with Crippen LogP contribution in [-0.2, 0) is 0 Å². The summed E-state index contributed by atoms with van der Waals surface area (Å²) < 4.78 is 1.16. The molecule has 20 heavy (non-hydrogen) atoms. The lowest BCUT2D eigenvalue weighted by Gasteiger charge is -2.59. The summed E-state index contributed by atoms with van der Waals surface area (Å²) in [6, 6.07) is 0. The first-order valence-corrected chi connectivity index (χ1v) is 9.05. The first-order chi connectivity index (χ1) is 9.49. The third kappa shape index (κ3) is 2.43. The maximum absolute atomic E-state index is 11.3. The molecule has 0 aliphatic heterocycles. The van der Waals surface area contributed by atoms with E-state index in [0.29, 0.717) is 11.8 Å². The average molecular weight is 280 g/mol. The van der Waals surface area contributed by atoms with Crippen LogP contribution in [0.2, 0.25) is 0 Å². The number of hydrogen-bond donors (Lipinski definition) is 1. The molecule has 4 rings (SSSR count). The van der Waals surface area contributed by atoms with Crippen LogP contribution >= 0.6 is 0 Å². The molecule has 0 unspecified atom stereocenters. The molecule has 1 N–H and O–H groups in total. The van der Waals surface area contributed by atoms with E-state index >= 15 is 0 Å². The van der Waals surface area contributed by atoms with Gasteiger partial charge in [-0.3, -0.25) is 0 Å². The first-order valence-electron chi connectivity index (χ1n) is 9.05. The molecule has 116 valence electrons. The van der Waals surface area contributed by atoms with Crippen molar-refractivity contribution in [1.29, 1.82) is 0 Å². The normalized spacial score (nSPS) is 43.2. The second-order valence-electron chi connectivity index (χ2n) is 8.37. The van der Waals surface area contributed by atoms with Crippen molar-refractivity contribution in [2.24, 2.45) is 23.7 Å². The van der Waals surface area contributed by atoms with Crippen molar-refractivity contribution in [1.82, 2.24) is 0 Å². The third-order valence-electron chi connectivity index (χ3n) is 7.35. The van der Waals surface area contributed by atoms with Crippen molar-refractivity contribution >= 4 is 0 Å². The molecule has 0 amide bonds. The minimum absolute atomic E-state index is 0.292. The van der Waals surface area contributed by atoms with Gasteiger partial charge in [0, 0.05) is 0 Å². The van der Waals surface area contributed by atoms with Gasteiger partial charge in [0.1, 0.15) is 0 Å². The molecule has 4 fully saturated rings. The van der Waals surface area contributed by atoms with E-state index in [1.807, 2.05) is 0 Å². The molecule has 2 nitrogen and oxygen atoms in total. The molecule has 0 heterocycles. The molecular weight excluding hydrogens is 246 g/mol. The molecule has 0 aromatic carbocycles. The molecule has 0 saturated heterocycles. The fourth-order valence-corrected chi connectivity index (χ4v) is 5.69. The van der Waals surface area contributed by atoms with Gasteiger partial charge in [-0.25, -0.2) is 0 Å². The van der Waals surface area contributed by atoms with E-state index in [-0.39, 0.29) is 5.60 Å². The lowest BCUT2D eigenvalue weighted by Crippen LogP contribution is -2.58. The van der Waals surface area contributed by atoms with Gasteiger partial charge in [0.25, 0.3) is 0 Å². The Hall–Kier alpha value is -0.0800. The van der Waals surface area contributed by atoms with Crippen LogP contribution < -0.4 is 0 Å². The molecule has 4 bridgehead atoms. The summed E-state index contributed by atoms with van der Waals surface area (Å²) in [5.74, 6) is 3.21. The van der Waals surface area contributed by atoms with Crippen molar-refractivity contribution in [3.8, 4) is 0 Å². The van der Waals surface area contributed by atoms with E-state index in [1.165, 1.54) is 58.2 Å². The Bertz CT molecular complexity index is 319. The van der Waals surface area contributed by atoms with E-state index in [9.17, 15) is 5.11 Å². The lowest BCUT2D eigenvalue weighted by atomic mass is 9.49. The maximum Gasteiger partial charge on any atom is 0.0785 e. The minimum atomic E-state index is -0.292. The van der Waals surface area contributed by atoms with Crippen molar-refractivity contribution < 1.29 is 9.59 Å². The molecule has 4 aliphatic rings. The number of rotatable bonds is 6. The maximum atomic E-state index is 11.3. The van der Waals surface area contributed by atoms with Gasteiger partial charge in [0.15, 0.2) is 0 Å². The summed E-state index contributed by atoms with van der Waals surface area (Å²) in [6.45, 7) is 8.25. The van der Waals surface area contributed by atoms with Crippen LogP contribution in [0.3, 0.4) is 0 Å². The van der Waals surface area contributed by atoms with Crippen molar-refractivity contribution in [2.75, 3.05) is 26.7 Å². The molecule has 0 radical (unpaired) electrons. The Morgan fingerprint density at radius 1 is 0.950 bits per heavy atom. The number of hydrogen-bond acceptors (Lipinski definition) is 1. The number of nitrogens with zero attached hydrogens (tertiary/aromatic N) is 1. The Balaban J connectivity index is 1.59. The monoisotopic (exact) mass is 280 g/mol. The summed E-state index contributed by atoms with van der Waals surface area (Å²) in [4.78, 5) is 0. The highest BCUT2D eigenvalue weighted by Gasteiger charge is 2.55. The van der Waals surface area contributed by atoms with Crippen LogP contribution in [0.4, 0.5) is 0 Å². The summed E-state index contributed by atoms with van der Waals surface area (Å²) in [5.41, 5.74) is -0.292. The predicted octanol–water partition coefficient (Wildman–Crippen LogP) is 3.44. The molecule has 0 spiro atoms. The van der Waals surface area contributed by atoms with Gasteiger partial charge in [0.2, 0.25) is 0 Å². The van der Waals surface area contributed by atoms with Crippen molar-refractivity contribution in [3.05, 3.63) is 0 Å². The molecule has 0 atom stereocenters. The van der Waals surface area contributed by atoms with E-state index in [0.717, 1.165) is 22.7 Å². The summed E-state index contributed by atoms with van der Waals surface area (Å²) in [5, 5.41) is 11.3. The third-order valence-corrected chi connectivity index (χ3v) is 7.35. The minimum Gasteiger partial charge on any atom is -0.389 e. The number of quaternary nitrogens is 1. The lowest BCUT2D eigenvalue weighted by molar-refractivity contribution is -0.906. The Morgan fingerprint density at radius 3 is 1.90 bits per heavy atom. The number of aliphatic hydroxyl groups is 1. The van der Waals surface area contributed by atoms with Crippen LogP contribution in [0, 0.1) is 23.7 Å². The zero-order valence-electron chi connectivity index (χ0n) is 13.8. The second kappa shape index (κ2) is 5.28. The van der Waals surface area contributed by atoms with E-state index in [4.69, 9.17) is 0 Å². The molecule has 0 aromatic heterocycles. The molecule has 2 heteroatoms. The van der Waals surface area contributed by atoms with Gasteiger partial charge in [-0.2, -0.15) is 0 Å². The summed E-state index contributed by atoms with van der Waals surface area (Å²) in [6.07, 6.45) is 9.07. The quantitative estimate of drug-likeness (QED) is 0.739. The fraction of sp³-hybridized carbons (Fsp3) is 1.00. The highest BCUT2D eigenvalue weighted by atomic mass is 16.3. The molecule has 0 aromatic rings.